The van der Waals surface area contributed by atoms with Gasteiger partial charge < -0.3 is 19.5 Å². The van der Waals surface area contributed by atoms with Crippen LogP contribution >= 0.6 is 0 Å². The van der Waals surface area contributed by atoms with E-state index in [-0.39, 0.29) is 48.4 Å². The first-order valence-corrected chi connectivity index (χ1v) is 26.9. The smallest absolute Gasteiger partial charge is 0.264 e. The van der Waals surface area contributed by atoms with Crippen molar-refractivity contribution in [2.75, 3.05) is 28.6 Å². The molecule has 15 heteroatoms. The second-order valence-electron chi connectivity index (χ2n) is 18.9. The number of nitrogens with zero attached hydrogens (tertiary/aromatic N) is 8. The predicted octanol–water partition coefficient (Wildman–Crippen LogP) is 7.74. The molecule has 1 saturated heterocycles. The Morgan fingerprint density at radius 3 is 1.99 bits per heavy atom. The molecule has 1 spiro atoms. The quantitative estimate of drug-likeness (QED) is 0.109. The average molecular weight is 941 g/mol. The van der Waals surface area contributed by atoms with E-state index in [0.29, 0.717) is 73.4 Å². The molecule has 0 bridgehead atoms. The number of hydrazone groups is 2. The van der Waals surface area contributed by atoms with E-state index >= 15 is 4.79 Å². The molecule has 0 radical (unpaired) electrons. The molecule has 3 amide bonds. The number of aryl methyl sites for hydroxylation is 1. The molecule has 0 aliphatic carbocycles. The minimum atomic E-state index is -2.51. The summed E-state index contributed by atoms with van der Waals surface area (Å²) in [6.07, 6.45) is 4.16. The number of carbonyl (C=O) groups is 3. The maximum atomic E-state index is 15.9. The summed E-state index contributed by atoms with van der Waals surface area (Å²) < 4.78 is 14.9. The van der Waals surface area contributed by atoms with Crippen molar-refractivity contribution in [3.8, 4) is 5.75 Å². The van der Waals surface area contributed by atoms with E-state index in [1.165, 1.54) is 15.2 Å². The largest absolute Gasteiger partial charge is 0.497 e. The molecule has 0 unspecified atom stereocenters. The number of fused-ring (bicyclic) bond motifs is 2. The zero-order valence-electron chi connectivity index (χ0n) is 39.4. The number of aliphatic hydroxyl groups is 1. The molecular formula is C54H56N8O6Si. The number of rotatable bonds is 14. The number of carbonyl (C=O) groups excluding carboxylic acids is 3. The molecule has 1 N–H and O–H groups in total. The molecule has 0 saturated carbocycles. The number of aliphatic hydroxyl groups excluding tert-OH is 1. The van der Waals surface area contributed by atoms with E-state index < -0.39 is 13.7 Å². The third kappa shape index (κ3) is 8.48. The molecule has 4 aliphatic rings. The molecule has 352 valence electrons. The van der Waals surface area contributed by atoms with Crippen molar-refractivity contribution in [2.24, 2.45) is 16.1 Å². The van der Waals surface area contributed by atoms with Crippen LogP contribution < -0.4 is 24.8 Å². The molecule has 10 rings (SSSR count). The first-order chi connectivity index (χ1) is 33.5. The van der Waals surface area contributed by atoms with Crippen LogP contribution in [0.4, 0.5) is 17.1 Å². The molecule has 14 nitrogen and oxygen atoms in total. The standard InChI is InChI=1S/C54H56N8O6Si/c1-36-52(69(3,4)44-22-20-43(67-2)21-23-44)49(29-31-59-35-40(30-32-63)55-58-59)68-54(36)45-33-42(62-51(65)28-25-47(57-62)39-13-9-6-10-14-39)19-26-48(45)60(53(54)66)34-37-15-17-41(18-16-37)61-50(64)27-24-46(56-61)38-11-7-5-8-12-38/h5-23,26,33,35-36,49,52,63H,24-25,27-32,34H2,1-4H3/t36-,49+,52-,54+/m1/s1. The number of aromatic nitrogens is 3. The summed E-state index contributed by atoms with van der Waals surface area (Å²) in [7, 11) is -0.850. The van der Waals surface area contributed by atoms with Crippen molar-refractivity contribution in [1.29, 1.82) is 0 Å². The summed E-state index contributed by atoms with van der Waals surface area (Å²) in [6.45, 7) is 7.55. The van der Waals surface area contributed by atoms with Gasteiger partial charge in [0, 0.05) is 62.9 Å². The number of benzene rings is 5. The van der Waals surface area contributed by atoms with Gasteiger partial charge in [-0.2, -0.15) is 10.2 Å². The lowest BCUT2D eigenvalue weighted by atomic mass is 9.82. The molecule has 1 aromatic heterocycles. The average Bonchev–Trinajstić information content (AvgIpc) is 4.03. The van der Waals surface area contributed by atoms with Crippen LogP contribution in [0.3, 0.4) is 0 Å². The summed E-state index contributed by atoms with van der Waals surface area (Å²) in [5.41, 5.74) is 6.28. The van der Waals surface area contributed by atoms with E-state index in [9.17, 15) is 14.7 Å². The fraction of sp³-hybridized carbons (Fsp3) is 0.315. The van der Waals surface area contributed by atoms with Gasteiger partial charge in [0.15, 0.2) is 5.60 Å². The highest BCUT2D eigenvalue weighted by atomic mass is 28.3. The van der Waals surface area contributed by atoms with Crippen LogP contribution in [0.1, 0.15) is 67.0 Å². The third-order valence-electron chi connectivity index (χ3n) is 14.5. The zero-order valence-corrected chi connectivity index (χ0v) is 40.4. The highest BCUT2D eigenvalue weighted by molar-refractivity contribution is 6.91. The van der Waals surface area contributed by atoms with E-state index in [0.717, 1.165) is 33.9 Å². The van der Waals surface area contributed by atoms with Crippen molar-refractivity contribution >= 4 is 59.5 Å². The Kier molecular flexibility index (Phi) is 12.4. The lowest BCUT2D eigenvalue weighted by molar-refractivity contribution is -0.146. The Hall–Kier alpha value is -7.07. The van der Waals surface area contributed by atoms with Crippen LogP contribution in [0.25, 0.3) is 0 Å². The number of amides is 3. The van der Waals surface area contributed by atoms with E-state index in [1.54, 1.807) is 11.8 Å². The lowest BCUT2D eigenvalue weighted by Crippen LogP contribution is -2.51. The fourth-order valence-electron chi connectivity index (χ4n) is 10.9. The monoisotopic (exact) mass is 940 g/mol. The molecule has 5 heterocycles. The second kappa shape index (κ2) is 18.8. The minimum Gasteiger partial charge on any atom is -0.497 e. The van der Waals surface area contributed by atoms with Gasteiger partial charge >= 0.3 is 0 Å². The lowest BCUT2D eigenvalue weighted by Gasteiger charge is -2.37. The Morgan fingerprint density at radius 2 is 1.38 bits per heavy atom. The van der Waals surface area contributed by atoms with Crippen molar-refractivity contribution < 1.29 is 29.0 Å². The van der Waals surface area contributed by atoms with Gasteiger partial charge in [0.2, 0.25) is 11.8 Å². The summed E-state index contributed by atoms with van der Waals surface area (Å²) in [5, 5.41) is 32.1. The summed E-state index contributed by atoms with van der Waals surface area (Å²) in [4.78, 5) is 44.8. The molecule has 6 aromatic rings. The second-order valence-corrected chi connectivity index (χ2v) is 23.6. The van der Waals surface area contributed by atoms with Gasteiger partial charge in [-0.3, -0.25) is 19.1 Å². The minimum absolute atomic E-state index is 0.0253. The Morgan fingerprint density at radius 1 is 0.768 bits per heavy atom. The predicted molar refractivity (Wildman–Crippen MR) is 268 cm³/mol. The maximum absolute atomic E-state index is 15.9. The molecule has 5 aromatic carbocycles. The SMILES string of the molecule is COc1ccc([Si](C)(C)[C@H]2[C@H](CCn3cc(CCO)nn3)O[C@@]3(C(=O)N(Cc4ccc(N5N=C(c6ccccc6)CCC5=O)cc4)c4ccc(N5N=C(c6ccccc6)CCC5=O)cc43)[C@@H]2C)cc1. The van der Waals surface area contributed by atoms with E-state index in [2.05, 4.69) is 42.5 Å². The fourth-order valence-corrected chi connectivity index (χ4v) is 15.0. The van der Waals surface area contributed by atoms with E-state index in [4.69, 9.17) is 19.7 Å². The normalized spacial score (nSPS) is 21.5. The van der Waals surface area contributed by atoms with Crippen molar-refractivity contribution in [3.05, 3.63) is 162 Å². The zero-order chi connectivity index (χ0) is 47.9. The van der Waals surface area contributed by atoms with Gasteiger partial charge in [0.25, 0.3) is 5.91 Å². The van der Waals surface area contributed by atoms with Gasteiger partial charge in [-0.15, -0.1) is 5.10 Å². The Labute approximate surface area is 402 Å². The van der Waals surface area contributed by atoms with Gasteiger partial charge in [-0.1, -0.05) is 115 Å². The van der Waals surface area contributed by atoms with Crippen LogP contribution in [-0.4, -0.2) is 77.1 Å². The molecular weight excluding hydrogens is 885 g/mol. The van der Waals surface area contributed by atoms with Crippen LogP contribution in [0, 0.1) is 5.92 Å². The maximum Gasteiger partial charge on any atom is 0.264 e. The van der Waals surface area contributed by atoms with Crippen molar-refractivity contribution in [3.63, 3.8) is 0 Å². The van der Waals surface area contributed by atoms with Crippen molar-refractivity contribution in [1.82, 2.24) is 15.0 Å². The summed E-state index contributed by atoms with van der Waals surface area (Å²) >= 11 is 0. The number of methoxy groups -OCH3 is 1. The van der Waals surface area contributed by atoms with Gasteiger partial charge in [0.1, 0.15) is 5.75 Å². The van der Waals surface area contributed by atoms with Gasteiger partial charge in [-0.25, -0.2) is 10.0 Å². The Balaban J connectivity index is 1.05. The third-order valence-corrected chi connectivity index (χ3v) is 18.8. The number of hydrogen-bond donors (Lipinski definition) is 1. The highest BCUT2D eigenvalue weighted by Crippen LogP contribution is 2.60. The molecule has 69 heavy (non-hydrogen) atoms. The first-order valence-electron chi connectivity index (χ1n) is 23.8. The molecule has 1 fully saturated rings. The number of ether oxygens (including phenoxy) is 2. The summed E-state index contributed by atoms with van der Waals surface area (Å²) in [5.74, 6) is 0.0676. The van der Waals surface area contributed by atoms with Crippen LogP contribution in [0.5, 0.6) is 5.75 Å². The van der Waals surface area contributed by atoms with Gasteiger partial charge in [-0.05, 0) is 71.1 Å². The highest BCUT2D eigenvalue weighted by Gasteiger charge is 2.66. The van der Waals surface area contributed by atoms with Crippen LogP contribution in [0.2, 0.25) is 18.6 Å². The topological polar surface area (TPSA) is 155 Å². The summed E-state index contributed by atoms with van der Waals surface area (Å²) in [6, 6.07) is 41.5. The number of anilines is 3. The number of hydrogen-bond acceptors (Lipinski definition) is 10. The Bertz CT molecular complexity index is 2940. The van der Waals surface area contributed by atoms with Gasteiger partial charge in [0.05, 0.1) is 62.0 Å². The molecule has 4 atom stereocenters. The van der Waals surface area contributed by atoms with Crippen LogP contribution in [-0.2, 0) is 44.2 Å². The molecule has 4 aliphatic heterocycles. The van der Waals surface area contributed by atoms with E-state index in [1.807, 2.05) is 126 Å². The first kappa shape index (κ1) is 45.7. The van der Waals surface area contributed by atoms with Crippen molar-refractivity contribution in [2.45, 2.75) is 88.9 Å². The van der Waals surface area contributed by atoms with Crippen LogP contribution in [0.15, 0.2) is 144 Å².